The van der Waals surface area contributed by atoms with Crippen LogP contribution in [0.1, 0.15) is 23.4 Å². The molecule has 0 aliphatic carbocycles. The van der Waals surface area contributed by atoms with Crippen LogP contribution in [0.3, 0.4) is 0 Å². The van der Waals surface area contributed by atoms with Crippen molar-refractivity contribution in [1.29, 1.82) is 0 Å². The van der Waals surface area contributed by atoms with Crippen molar-refractivity contribution in [3.8, 4) is 5.75 Å². The molecule has 2 rings (SSSR count). The van der Waals surface area contributed by atoms with Crippen LogP contribution in [0.15, 0.2) is 24.3 Å². The third-order valence-electron chi connectivity index (χ3n) is 4.09. The molecule has 0 fully saturated rings. The maximum absolute atomic E-state index is 12.4. The van der Waals surface area contributed by atoms with Gasteiger partial charge in [0.05, 0.1) is 18.6 Å². The Morgan fingerprint density at radius 2 is 2.04 bits per heavy atom. The summed E-state index contributed by atoms with van der Waals surface area (Å²) in [6, 6.07) is 7.53. The zero-order chi connectivity index (χ0) is 18.6. The minimum Gasteiger partial charge on any atom is -0.496 e. The van der Waals surface area contributed by atoms with Crippen molar-refractivity contribution < 1.29 is 14.5 Å². The summed E-state index contributed by atoms with van der Waals surface area (Å²) in [5, 5.41) is 15.2. The highest BCUT2D eigenvalue weighted by Gasteiger charge is 2.22. The van der Waals surface area contributed by atoms with E-state index >= 15 is 0 Å². The van der Waals surface area contributed by atoms with Gasteiger partial charge in [-0.05, 0) is 19.9 Å². The van der Waals surface area contributed by atoms with Gasteiger partial charge in [-0.1, -0.05) is 18.2 Å². The number of methoxy groups -OCH3 is 1. The lowest BCUT2D eigenvalue weighted by Crippen LogP contribution is -2.27. The standard InChI is InChI=1S/C17H22N4O4/c1-12-17(21(23)24)13(2)20(18-12)10-9-16(22)19(3)11-14-7-5-6-8-15(14)25-4/h5-8H,9-11H2,1-4H3. The number of ether oxygens (including phenoxy) is 1. The maximum atomic E-state index is 12.4. The Morgan fingerprint density at radius 1 is 1.36 bits per heavy atom. The van der Waals surface area contributed by atoms with E-state index in [1.165, 1.54) is 4.68 Å². The molecule has 1 amide bonds. The van der Waals surface area contributed by atoms with E-state index in [1.807, 2.05) is 24.3 Å². The van der Waals surface area contributed by atoms with Gasteiger partial charge in [0.15, 0.2) is 0 Å². The first-order valence-corrected chi connectivity index (χ1v) is 7.89. The summed E-state index contributed by atoms with van der Waals surface area (Å²) in [5.41, 5.74) is 1.75. The average Bonchev–Trinajstić information content (AvgIpc) is 2.86. The number of carbonyl (C=O) groups is 1. The second-order valence-electron chi connectivity index (χ2n) is 5.81. The molecule has 0 atom stereocenters. The number of aryl methyl sites for hydroxylation is 2. The normalized spacial score (nSPS) is 10.6. The molecular weight excluding hydrogens is 324 g/mol. The number of hydrogen-bond acceptors (Lipinski definition) is 5. The first-order chi connectivity index (χ1) is 11.8. The molecule has 0 radical (unpaired) electrons. The number of para-hydroxylation sites is 1. The Morgan fingerprint density at radius 3 is 2.64 bits per heavy atom. The highest BCUT2D eigenvalue weighted by molar-refractivity contribution is 5.75. The van der Waals surface area contributed by atoms with Crippen LogP contribution in [0.4, 0.5) is 5.69 Å². The highest BCUT2D eigenvalue weighted by Crippen LogP contribution is 2.22. The Hall–Kier alpha value is -2.90. The first-order valence-electron chi connectivity index (χ1n) is 7.89. The smallest absolute Gasteiger partial charge is 0.312 e. The summed E-state index contributed by atoms with van der Waals surface area (Å²) >= 11 is 0. The predicted molar refractivity (Wildman–Crippen MR) is 92.4 cm³/mol. The lowest BCUT2D eigenvalue weighted by atomic mass is 10.2. The Bertz CT molecular complexity index is 785. The molecule has 0 aliphatic rings. The number of hydrogen-bond donors (Lipinski definition) is 0. The van der Waals surface area contributed by atoms with Crippen LogP contribution in [-0.4, -0.2) is 39.7 Å². The molecule has 8 heteroatoms. The molecule has 0 saturated carbocycles. The van der Waals surface area contributed by atoms with Crippen molar-refractivity contribution in [2.75, 3.05) is 14.2 Å². The van der Waals surface area contributed by atoms with E-state index in [9.17, 15) is 14.9 Å². The SMILES string of the molecule is COc1ccccc1CN(C)C(=O)CCn1nc(C)c([N+](=O)[O-])c1C. The molecule has 0 bridgehead atoms. The summed E-state index contributed by atoms with van der Waals surface area (Å²) in [7, 11) is 3.31. The van der Waals surface area contributed by atoms with Crippen molar-refractivity contribution in [1.82, 2.24) is 14.7 Å². The Labute approximate surface area is 146 Å². The van der Waals surface area contributed by atoms with Crippen molar-refractivity contribution in [2.24, 2.45) is 0 Å². The molecule has 1 aromatic heterocycles. The molecule has 1 aromatic carbocycles. The molecule has 0 saturated heterocycles. The van der Waals surface area contributed by atoms with E-state index in [4.69, 9.17) is 4.74 Å². The van der Waals surface area contributed by atoms with Gasteiger partial charge in [0.2, 0.25) is 5.91 Å². The third kappa shape index (κ3) is 4.14. The third-order valence-corrected chi connectivity index (χ3v) is 4.09. The highest BCUT2D eigenvalue weighted by atomic mass is 16.6. The molecule has 0 unspecified atom stereocenters. The molecule has 25 heavy (non-hydrogen) atoms. The van der Waals surface area contributed by atoms with Crippen LogP contribution < -0.4 is 4.74 Å². The van der Waals surface area contributed by atoms with E-state index in [-0.39, 0.29) is 18.0 Å². The van der Waals surface area contributed by atoms with Crippen LogP contribution in [0.2, 0.25) is 0 Å². The number of nitrogens with zero attached hydrogens (tertiary/aromatic N) is 4. The maximum Gasteiger partial charge on any atom is 0.312 e. The molecule has 1 heterocycles. The van der Waals surface area contributed by atoms with Crippen LogP contribution in [-0.2, 0) is 17.9 Å². The second kappa shape index (κ2) is 7.78. The van der Waals surface area contributed by atoms with E-state index in [0.717, 1.165) is 11.3 Å². The number of rotatable bonds is 7. The lowest BCUT2D eigenvalue weighted by Gasteiger charge is -2.19. The molecule has 0 spiro atoms. The lowest BCUT2D eigenvalue weighted by molar-refractivity contribution is -0.386. The monoisotopic (exact) mass is 346 g/mol. The minimum atomic E-state index is -0.441. The van der Waals surface area contributed by atoms with Crippen LogP contribution in [0, 0.1) is 24.0 Å². The van der Waals surface area contributed by atoms with Crippen LogP contribution in [0.25, 0.3) is 0 Å². The van der Waals surface area contributed by atoms with Gasteiger partial charge in [-0.3, -0.25) is 19.6 Å². The summed E-state index contributed by atoms with van der Waals surface area (Å²) in [6.45, 7) is 3.97. The minimum absolute atomic E-state index is 0.00910. The van der Waals surface area contributed by atoms with E-state index in [2.05, 4.69) is 5.10 Å². The fraction of sp³-hybridized carbons (Fsp3) is 0.412. The van der Waals surface area contributed by atoms with E-state index in [1.54, 1.807) is 32.9 Å². The number of amides is 1. The van der Waals surface area contributed by atoms with Crippen molar-refractivity contribution >= 4 is 11.6 Å². The quantitative estimate of drug-likeness (QED) is 0.567. The largest absolute Gasteiger partial charge is 0.496 e. The average molecular weight is 346 g/mol. The molecular formula is C17H22N4O4. The molecule has 134 valence electrons. The van der Waals surface area contributed by atoms with Crippen LogP contribution in [0.5, 0.6) is 5.75 Å². The van der Waals surface area contributed by atoms with Gasteiger partial charge in [-0.2, -0.15) is 5.10 Å². The van der Waals surface area contributed by atoms with Crippen molar-refractivity contribution in [3.05, 3.63) is 51.3 Å². The molecule has 0 N–H and O–H groups in total. The number of nitro groups is 1. The molecule has 2 aromatic rings. The zero-order valence-electron chi connectivity index (χ0n) is 14.9. The van der Waals surface area contributed by atoms with Crippen molar-refractivity contribution in [2.45, 2.75) is 33.4 Å². The number of carbonyl (C=O) groups excluding carboxylic acids is 1. The number of benzene rings is 1. The second-order valence-corrected chi connectivity index (χ2v) is 5.81. The topological polar surface area (TPSA) is 90.5 Å². The number of aromatic nitrogens is 2. The van der Waals surface area contributed by atoms with Gasteiger partial charge in [0, 0.05) is 25.6 Å². The summed E-state index contributed by atoms with van der Waals surface area (Å²) in [6.07, 6.45) is 0.213. The van der Waals surface area contributed by atoms with Crippen LogP contribution >= 0.6 is 0 Å². The molecule has 0 aliphatic heterocycles. The summed E-state index contributed by atoms with van der Waals surface area (Å²) in [5.74, 6) is 0.664. The summed E-state index contributed by atoms with van der Waals surface area (Å²) in [4.78, 5) is 24.6. The van der Waals surface area contributed by atoms with Gasteiger partial charge >= 0.3 is 5.69 Å². The zero-order valence-corrected chi connectivity index (χ0v) is 14.9. The Balaban J connectivity index is 2.00. The fourth-order valence-corrected chi connectivity index (χ4v) is 2.74. The molecule has 8 nitrogen and oxygen atoms in total. The van der Waals surface area contributed by atoms with Crippen molar-refractivity contribution in [3.63, 3.8) is 0 Å². The summed E-state index contributed by atoms with van der Waals surface area (Å²) < 4.78 is 6.81. The first kappa shape index (κ1) is 18.4. The van der Waals surface area contributed by atoms with Gasteiger partial charge in [-0.15, -0.1) is 0 Å². The Kier molecular flexibility index (Phi) is 5.74. The van der Waals surface area contributed by atoms with Gasteiger partial charge in [-0.25, -0.2) is 0 Å². The van der Waals surface area contributed by atoms with Gasteiger partial charge < -0.3 is 9.64 Å². The van der Waals surface area contributed by atoms with E-state index < -0.39 is 4.92 Å². The van der Waals surface area contributed by atoms with Gasteiger partial charge in [0.25, 0.3) is 0 Å². The fourth-order valence-electron chi connectivity index (χ4n) is 2.74. The van der Waals surface area contributed by atoms with Gasteiger partial charge in [0.1, 0.15) is 17.1 Å². The predicted octanol–water partition coefficient (Wildman–Crippen LogP) is 2.47. The van der Waals surface area contributed by atoms with E-state index in [0.29, 0.717) is 24.5 Å².